The molecule has 2 aliphatic heterocycles. The molecular weight excluding hydrogens is 405 g/mol. The van der Waals surface area contributed by atoms with Crippen LogP contribution in [-0.4, -0.2) is 50.6 Å². The zero-order chi connectivity index (χ0) is 20.4. The normalized spacial score (nSPS) is 20.9. The Morgan fingerprint density at radius 3 is 2.45 bits per heavy atom. The van der Waals surface area contributed by atoms with Gasteiger partial charge in [0.2, 0.25) is 5.91 Å². The molecule has 0 spiro atoms. The zero-order valence-corrected chi connectivity index (χ0v) is 18.3. The largest absolute Gasteiger partial charge is 0.369 e. The Morgan fingerprint density at radius 2 is 1.72 bits per heavy atom. The fourth-order valence-electron chi connectivity index (χ4n) is 4.35. The van der Waals surface area contributed by atoms with Crippen LogP contribution in [0.3, 0.4) is 0 Å². The number of halogens is 2. The summed E-state index contributed by atoms with van der Waals surface area (Å²) in [6.45, 7) is 5.02. The second-order valence-electron chi connectivity index (χ2n) is 8.13. The Bertz CT molecular complexity index is 880. The monoisotopic (exact) mass is 431 g/mol. The summed E-state index contributed by atoms with van der Waals surface area (Å²) in [7, 11) is 2.18. The van der Waals surface area contributed by atoms with Crippen molar-refractivity contribution in [2.75, 3.05) is 49.6 Å². The molecule has 0 radical (unpaired) electrons. The predicted octanol–water partition coefficient (Wildman–Crippen LogP) is 4.73. The lowest BCUT2D eigenvalue weighted by atomic mass is 9.88. The molecule has 2 aliphatic rings. The first-order chi connectivity index (χ1) is 14.0. The second kappa shape index (κ2) is 8.95. The number of hydrogen-bond donors (Lipinski definition) is 0. The summed E-state index contributed by atoms with van der Waals surface area (Å²) >= 11 is 12.2. The number of para-hydroxylation sites is 1. The number of piperazine rings is 1. The first-order valence-electron chi connectivity index (χ1n) is 10.3. The maximum atomic E-state index is 12.8. The molecule has 6 heteroatoms. The van der Waals surface area contributed by atoms with Crippen LogP contribution < -0.4 is 9.80 Å². The number of amides is 1. The van der Waals surface area contributed by atoms with Crippen molar-refractivity contribution in [3.8, 4) is 0 Å². The van der Waals surface area contributed by atoms with E-state index in [0.29, 0.717) is 22.4 Å². The van der Waals surface area contributed by atoms with Crippen LogP contribution in [0.2, 0.25) is 10.0 Å². The zero-order valence-electron chi connectivity index (χ0n) is 16.8. The Balaban J connectivity index is 1.43. The first-order valence-corrected chi connectivity index (χ1v) is 11.0. The summed E-state index contributed by atoms with van der Waals surface area (Å²) < 4.78 is 0. The molecular formula is C23H27Cl2N3O. The lowest BCUT2D eigenvalue weighted by molar-refractivity contribution is -0.120. The number of anilines is 2. The van der Waals surface area contributed by atoms with E-state index in [1.807, 2.05) is 11.0 Å². The Morgan fingerprint density at radius 1 is 0.966 bits per heavy atom. The maximum Gasteiger partial charge on any atom is 0.227 e. The fourth-order valence-corrected chi connectivity index (χ4v) is 4.64. The van der Waals surface area contributed by atoms with E-state index in [0.717, 1.165) is 51.3 Å². The van der Waals surface area contributed by atoms with Crippen molar-refractivity contribution in [2.24, 2.45) is 5.92 Å². The van der Waals surface area contributed by atoms with Crippen LogP contribution in [0.15, 0.2) is 42.5 Å². The van der Waals surface area contributed by atoms with Crippen molar-refractivity contribution in [3.63, 3.8) is 0 Å². The SMILES string of the molecule is CN1CCN(c2ccccc2CC2CCN(c3ccc(Cl)c(Cl)c3)C(=O)C2)CC1. The summed E-state index contributed by atoms with van der Waals surface area (Å²) in [5, 5.41) is 0.999. The molecule has 0 saturated carbocycles. The molecule has 2 saturated heterocycles. The van der Waals surface area contributed by atoms with E-state index in [1.54, 1.807) is 12.1 Å². The minimum Gasteiger partial charge on any atom is -0.369 e. The summed E-state index contributed by atoms with van der Waals surface area (Å²) in [5.41, 5.74) is 3.53. The van der Waals surface area contributed by atoms with Crippen LogP contribution in [-0.2, 0) is 11.2 Å². The molecule has 2 fully saturated rings. The third-order valence-corrected chi connectivity index (χ3v) is 6.82. The molecule has 0 aromatic heterocycles. The van der Waals surface area contributed by atoms with Gasteiger partial charge in [0.25, 0.3) is 0 Å². The molecule has 1 atom stereocenters. The van der Waals surface area contributed by atoms with E-state index in [9.17, 15) is 4.79 Å². The van der Waals surface area contributed by atoms with E-state index in [2.05, 4.69) is 41.1 Å². The predicted molar refractivity (Wildman–Crippen MR) is 121 cm³/mol. The van der Waals surface area contributed by atoms with E-state index in [1.165, 1.54) is 11.3 Å². The Kier molecular flexibility index (Phi) is 6.33. The van der Waals surface area contributed by atoms with Gasteiger partial charge < -0.3 is 14.7 Å². The maximum absolute atomic E-state index is 12.8. The number of rotatable bonds is 4. The average Bonchev–Trinajstić information content (AvgIpc) is 2.72. The van der Waals surface area contributed by atoms with E-state index in [4.69, 9.17) is 23.2 Å². The van der Waals surface area contributed by atoms with E-state index < -0.39 is 0 Å². The van der Waals surface area contributed by atoms with E-state index >= 15 is 0 Å². The minimum atomic E-state index is 0.164. The van der Waals surface area contributed by atoms with Crippen molar-refractivity contribution < 1.29 is 4.79 Å². The number of carbonyl (C=O) groups excluding carboxylic acids is 1. The van der Waals surface area contributed by atoms with Crippen LogP contribution in [0.4, 0.5) is 11.4 Å². The highest BCUT2D eigenvalue weighted by Crippen LogP contribution is 2.33. The number of piperidine rings is 1. The van der Waals surface area contributed by atoms with Crippen LogP contribution in [0.1, 0.15) is 18.4 Å². The molecule has 4 rings (SSSR count). The van der Waals surface area contributed by atoms with Gasteiger partial charge in [-0.1, -0.05) is 41.4 Å². The van der Waals surface area contributed by atoms with Gasteiger partial charge in [-0.3, -0.25) is 4.79 Å². The first kappa shape index (κ1) is 20.5. The molecule has 1 unspecified atom stereocenters. The molecule has 0 bridgehead atoms. The molecule has 0 N–H and O–H groups in total. The molecule has 154 valence electrons. The quantitative estimate of drug-likeness (QED) is 0.699. The van der Waals surface area contributed by atoms with Crippen LogP contribution in [0.5, 0.6) is 0 Å². The molecule has 2 aromatic rings. The highest BCUT2D eigenvalue weighted by Gasteiger charge is 2.28. The standard InChI is InChI=1S/C23H27Cl2N3O/c1-26-10-12-27(13-11-26)22-5-3-2-4-18(22)14-17-8-9-28(23(29)15-17)19-6-7-20(24)21(25)16-19/h2-7,16-17H,8-15H2,1H3. The van der Waals surface area contributed by atoms with Crippen LogP contribution >= 0.6 is 23.2 Å². The van der Waals surface area contributed by atoms with Gasteiger partial charge in [-0.2, -0.15) is 0 Å². The average molecular weight is 432 g/mol. The topological polar surface area (TPSA) is 26.8 Å². The van der Waals surface area contributed by atoms with Gasteiger partial charge in [0, 0.05) is 50.5 Å². The number of nitrogens with zero attached hydrogens (tertiary/aromatic N) is 3. The number of carbonyl (C=O) groups is 1. The van der Waals surface area contributed by atoms with Gasteiger partial charge in [0.1, 0.15) is 0 Å². The smallest absolute Gasteiger partial charge is 0.227 e. The second-order valence-corrected chi connectivity index (χ2v) is 8.94. The highest BCUT2D eigenvalue weighted by atomic mass is 35.5. The minimum absolute atomic E-state index is 0.164. The molecule has 1 amide bonds. The van der Waals surface area contributed by atoms with Crippen molar-refractivity contribution >= 4 is 40.5 Å². The van der Waals surface area contributed by atoms with Gasteiger partial charge in [-0.25, -0.2) is 0 Å². The van der Waals surface area contributed by atoms with Crippen molar-refractivity contribution in [1.82, 2.24) is 4.90 Å². The van der Waals surface area contributed by atoms with E-state index in [-0.39, 0.29) is 5.91 Å². The number of hydrogen-bond acceptors (Lipinski definition) is 3. The Labute approximate surface area is 183 Å². The summed E-state index contributed by atoms with van der Waals surface area (Å²) in [5.74, 6) is 0.534. The number of likely N-dealkylation sites (N-methyl/N-ethyl adjacent to an activating group) is 1. The van der Waals surface area contributed by atoms with Gasteiger partial charge in [-0.05, 0) is 55.6 Å². The fraction of sp³-hybridized carbons (Fsp3) is 0.435. The molecule has 0 aliphatic carbocycles. The summed E-state index contributed by atoms with van der Waals surface area (Å²) in [6.07, 6.45) is 2.50. The number of benzene rings is 2. The van der Waals surface area contributed by atoms with Gasteiger partial charge in [0.15, 0.2) is 0 Å². The lowest BCUT2D eigenvalue weighted by Gasteiger charge is -2.36. The van der Waals surface area contributed by atoms with Crippen molar-refractivity contribution in [3.05, 3.63) is 58.1 Å². The molecule has 2 aromatic carbocycles. The molecule has 2 heterocycles. The Hall–Kier alpha value is -1.75. The van der Waals surface area contributed by atoms with Gasteiger partial charge in [-0.15, -0.1) is 0 Å². The van der Waals surface area contributed by atoms with Crippen molar-refractivity contribution in [1.29, 1.82) is 0 Å². The lowest BCUT2D eigenvalue weighted by Crippen LogP contribution is -2.45. The van der Waals surface area contributed by atoms with Crippen molar-refractivity contribution in [2.45, 2.75) is 19.3 Å². The highest BCUT2D eigenvalue weighted by molar-refractivity contribution is 6.42. The third-order valence-electron chi connectivity index (χ3n) is 6.08. The van der Waals surface area contributed by atoms with Gasteiger partial charge in [0.05, 0.1) is 10.0 Å². The molecule has 29 heavy (non-hydrogen) atoms. The summed E-state index contributed by atoms with van der Waals surface area (Å²) in [4.78, 5) is 19.5. The third kappa shape index (κ3) is 4.71. The molecule has 4 nitrogen and oxygen atoms in total. The van der Waals surface area contributed by atoms with Crippen LogP contribution in [0, 0.1) is 5.92 Å². The summed E-state index contributed by atoms with van der Waals surface area (Å²) in [6, 6.07) is 14.1. The van der Waals surface area contributed by atoms with Crippen LogP contribution in [0.25, 0.3) is 0 Å². The van der Waals surface area contributed by atoms with Gasteiger partial charge >= 0.3 is 0 Å².